The number of hydrogen-bond acceptors (Lipinski definition) is 2. The highest BCUT2D eigenvalue weighted by Crippen LogP contribution is 2.20. The van der Waals surface area contributed by atoms with Crippen LogP contribution >= 0.6 is 31.9 Å². The van der Waals surface area contributed by atoms with Gasteiger partial charge in [0.1, 0.15) is 5.76 Å². The molecule has 2 aromatic heterocycles. The number of aromatic carboxylic acids is 1. The minimum absolute atomic E-state index is 0.248. The molecule has 84 valence electrons. The molecule has 0 bridgehead atoms. The largest absolute Gasteiger partial charge is 0.478 e. The number of nitrogens with zero attached hydrogens (tertiary/aromatic N) is 1. The molecule has 0 spiro atoms. The summed E-state index contributed by atoms with van der Waals surface area (Å²) in [4.78, 5) is 10.8. The fourth-order valence-electron chi connectivity index (χ4n) is 1.32. The molecule has 2 rings (SSSR count). The monoisotopic (exact) mass is 347 g/mol. The Bertz CT molecular complexity index is 530. The Kier molecular flexibility index (Phi) is 3.20. The van der Waals surface area contributed by atoms with E-state index in [4.69, 9.17) is 9.52 Å². The zero-order valence-corrected chi connectivity index (χ0v) is 11.2. The quantitative estimate of drug-likeness (QED) is 0.925. The topological polar surface area (TPSA) is 55.4 Å². The summed E-state index contributed by atoms with van der Waals surface area (Å²) in [7, 11) is 0. The molecule has 0 saturated carbocycles. The third kappa shape index (κ3) is 2.38. The van der Waals surface area contributed by atoms with Crippen molar-refractivity contribution in [1.82, 2.24) is 4.57 Å². The molecule has 0 aliphatic carbocycles. The van der Waals surface area contributed by atoms with Gasteiger partial charge in [-0.05, 0) is 50.1 Å². The van der Waals surface area contributed by atoms with Gasteiger partial charge in [-0.1, -0.05) is 0 Å². The molecule has 16 heavy (non-hydrogen) atoms. The lowest BCUT2D eigenvalue weighted by atomic mass is 10.3. The van der Waals surface area contributed by atoms with Crippen molar-refractivity contribution in [2.45, 2.75) is 6.54 Å². The van der Waals surface area contributed by atoms with Gasteiger partial charge in [-0.25, -0.2) is 4.79 Å². The number of carboxylic acids is 1. The maximum absolute atomic E-state index is 10.8. The van der Waals surface area contributed by atoms with Crippen molar-refractivity contribution < 1.29 is 14.3 Å². The van der Waals surface area contributed by atoms with Gasteiger partial charge in [0.25, 0.3) is 0 Å². The highest BCUT2D eigenvalue weighted by molar-refractivity contribution is 9.10. The molecule has 0 aliphatic rings. The first-order valence-electron chi connectivity index (χ1n) is 4.39. The number of rotatable bonds is 3. The standard InChI is InChI=1S/C10H7Br2NO3/c11-8-3-6(10(14)15)4-13(8)5-7-1-2-9(12)16-7/h1-4H,5H2,(H,14,15). The number of carboxylic acid groups (broad SMARTS) is 1. The van der Waals surface area contributed by atoms with Crippen LogP contribution in [0.15, 0.2) is 38.1 Å². The number of hydrogen-bond donors (Lipinski definition) is 1. The van der Waals surface area contributed by atoms with E-state index in [1.54, 1.807) is 22.9 Å². The van der Waals surface area contributed by atoms with Gasteiger partial charge in [-0.2, -0.15) is 0 Å². The fraction of sp³-hybridized carbons (Fsp3) is 0.100. The van der Waals surface area contributed by atoms with E-state index in [1.165, 1.54) is 0 Å². The first-order valence-corrected chi connectivity index (χ1v) is 5.98. The highest BCUT2D eigenvalue weighted by atomic mass is 79.9. The lowest BCUT2D eigenvalue weighted by Gasteiger charge is -2.00. The second-order valence-electron chi connectivity index (χ2n) is 3.19. The first kappa shape index (κ1) is 11.5. The van der Waals surface area contributed by atoms with E-state index in [1.807, 2.05) is 6.07 Å². The number of halogens is 2. The Morgan fingerprint density at radius 1 is 1.44 bits per heavy atom. The normalized spacial score (nSPS) is 10.6. The molecule has 6 heteroatoms. The van der Waals surface area contributed by atoms with Crippen molar-refractivity contribution in [3.63, 3.8) is 0 Å². The van der Waals surface area contributed by atoms with Crippen LogP contribution in [0.4, 0.5) is 0 Å². The summed E-state index contributed by atoms with van der Waals surface area (Å²) >= 11 is 6.51. The lowest BCUT2D eigenvalue weighted by Crippen LogP contribution is -1.98. The van der Waals surface area contributed by atoms with Crippen LogP contribution < -0.4 is 0 Å². The maximum Gasteiger partial charge on any atom is 0.337 e. The van der Waals surface area contributed by atoms with E-state index in [-0.39, 0.29) is 5.56 Å². The third-order valence-corrected chi connectivity index (χ3v) is 3.16. The summed E-state index contributed by atoms with van der Waals surface area (Å²) in [6.07, 6.45) is 1.56. The summed E-state index contributed by atoms with van der Waals surface area (Å²) < 4.78 is 8.46. The molecule has 2 aromatic rings. The Labute approximate surface area is 108 Å². The Morgan fingerprint density at radius 3 is 2.69 bits per heavy atom. The van der Waals surface area contributed by atoms with Gasteiger partial charge < -0.3 is 14.1 Å². The minimum atomic E-state index is -0.944. The zero-order valence-electron chi connectivity index (χ0n) is 7.98. The molecule has 0 unspecified atom stereocenters. The van der Waals surface area contributed by atoms with Crippen LogP contribution in [-0.2, 0) is 6.54 Å². The van der Waals surface area contributed by atoms with Crippen molar-refractivity contribution >= 4 is 37.8 Å². The Morgan fingerprint density at radius 2 is 2.19 bits per heavy atom. The van der Waals surface area contributed by atoms with E-state index in [0.717, 1.165) is 5.76 Å². The zero-order chi connectivity index (χ0) is 11.7. The van der Waals surface area contributed by atoms with Crippen LogP contribution in [0.5, 0.6) is 0 Å². The van der Waals surface area contributed by atoms with Crippen LogP contribution in [0.1, 0.15) is 16.1 Å². The summed E-state index contributed by atoms with van der Waals surface area (Å²) in [5, 5.41) is 8.83. The van der Waals surface area contributed by atoms with Gasteiger partial charge in [0, 0.05) is 6.20 Å². The van der Waals surface area contributed by atoms with Crippen LogP contribution in [0.3, 0.4) is 0 Å². The SMILES string of the molecule is O=C(O)c1cc(Br)n(Cc2ccc(Br)o2)c1. The molecule has 0 saturated heterocycles. The van der Waals surface area contributed by atoms with Gasteiger partial charge >= 0.3 is 5.97 Å². The van der Waals surface area contributed by atoms with E-state index in [0.29, 0.717) is 15.8 Å². The maximum atomic E-state index is 10.8. The van der Waals surface area contributed by atoms with Crippen molar-refractivity contribution in [1.29, 1.82) is 0 Å². The van der Waals surface area contributed by atoms with Crippen LogP contribution in [-0.4, -0.2) is 15.6 Å². The van der Waals surface area contributed by atoms with Gasteiger partial charge in [-0.15, -0.1) is 0 Å². The highest BCUT2D eigenvalue weighted by Gasteiger charge is 2.10. The van der Waals surface area contributed by atoms with Gasteiger partial charge in [0.05, 0.1) is 16.7 Å². The second kappa shape index (κ2) is 4.47. The Hall–Kier alpha value is -1.01. The lowest BCUT2D eigenvalue weighted by molar-refractivity contribution is 0.0697. The Balaban J connectivity index is 2.24. The average molecular weight is 349 g/mol. The molecule has 2 heterocycles. The molecule has 1 N–H and O–H groups in total. The van der Waals surface area contributed by atoms with Gasteiger partial charge in [0.2, 0.25) is 0 Å². The summed E-state index contributed by atoms with van der Waals surface area (Å²) in [5.74, 6) is -0.194. The average Bonchev–Trinajstić information content (AvgIpc) is 2.75. The number of aromatic nitrogens is 1. The van der Waals surface area contributed by atoms with Crippen molar-refractivity contribution in [2.75, 3.05) is 0 Å². The van der Waals surface area contributed by atoms with E-state index in [9.17, 15) is 4.79 Å². The first-order chi connectivity index (χ1) is 7.56. The van der Waals surface area contributed by atoms with E-state index in [2.05, 4.69) is 31.9 Å². The van der Waals surface area contributed by atoms with Crippen molar-refractivity contribution in [3.8, 4) is 0 Å². The number of carbonyl (C=O) groups is 1. The van der Waals surface area contributed by atoms with Gasteiger partial charge in [-0.3, -0.25) is 0 Å². The molecular weight excluding hydrogens is 342 g/mol. The van der Waals surface area contributed by atoms with E-state index < -0.39 is 5.97 Å². The van der Waals surface area contributed by atoms with Crippen molar-refractivity contribution in [2.24, 2.45) is 0 Å². The fourth-order valence-corrected chi connectivity index (χ4v) is 2.14. The van der Waals surface area contributed by atoms with E-state index >= 15 is 0 Å². The van der Waals surface area contributed by atoms with Gasteiger partial charge in [0.15, 0.2) is 4.67 Å². The van der Waals surface area contributed by atoms with Crippen LogP contribution in [0.25, 0.3) is 0 Å². The predicted molar refractivity (Wildman–Crippen MR) is 64.6 cm³/mol. The molecule has 4 nitrogen and oxygen atoms in total. The molecule has 0 aliphatic heterocycles. The molecule has 0 fully saturated rings. The summed E-state index contributed by atoms with van der Waals surface area (Å²) in [6, 6.07) is 5.18. The molecule has 0 aromatic carbocycles. The summed E-state index contributed by atoms with van der Waals surface area (Å²) in [6.45, 7) is 0.486. The van der Waals surface area contributed by atoms with Crippen molar-refractivity contribution in [3.05, 3.63) is 45.0 Å². The number of furan rings is 1. The third-order valence-electron chi connectivity index (χ3n) is 2.05. The molecule has 0 atom stereocenters. The van der Waals surface area contributed by atoms with Crippen LogP contribution in [0.2, 0.25) is 0 Å². The predicted octanol–water partition coefficient (Wildman–Crippen LogP) is 3.35. The minimum Gasteiger partial charge on any atom is -0.478 e. The molecule has 0 amide bonds. The van der Waals surface area contributed by atoms with Crippen LogP contribution in [0, 0.1) is 0 Å². The summed E-state index contributed by atoms with van der Waals surface area (Å²) in [5.41, 5.74) is 0.248. The molecule has 0 radical (unpaired) electrons. The second-order valence-corrected chi connectivity index (χ2v) is 4.78. The molecular formula is C10H7Br2NO3. The smallest absolute Gasteiger partial charge is 0.337 e.